The van der Waals surface area contributed by atoms with Gasteiger partial charge in [0.25, 0.3) is 0 Å². The summed E-state index contributed by atoms with van der Waals surface area (Å²) >= 11 is 1.43. The van der Waals surface area contributed by atoms with Crippen molar-refractivity contribution in [1.29, 1.82) is 0 Å². The number of nitrogens with two attached hydrogens (primary N) is 1. The monoisotopic (exact) mass is 532 g/mol. The van der Waals surface area contributed by atoms with Crippen LogP contribution >= 0.6 is 11.8 Å². The Bertz CT molecular complexity index is 1350. The lowest BCUT2D eigenvalue weighted by atomic mass is 10.2. The van der Waals surface area contributed by atoms with E-state index in [1.54, 1.807) is 13.2 Å². The summed E-state index contributed by atoms with van der Waals surface area (Å²) in [4.78, 5) is 23.0. The number of piperazine rings is 1. The van der Waals surface area contributed by atoms with Gasteiger partial charge < -0.3 is 20.5 Å². The number of rotatable bonds is 9. The average molecular weight is 533 g/mol. The van der Waals surface area contributed by atoms with E-state index in [2.05, 4.69) is 20.2 Å². The summed E-state index contributed by atoms with van der Waals surface area (Å²) in [7, 11) is -1.57. The maximum absolute atomic E-state index is 11.7. The Hall–Kier alpha value is -3.13. The first kappa shape index (κ1) is 25.9. The van der Waals surface area contributed by atoms with Crippen LogP contribution in [0.2, 0.25) is 0 Å². The predicted octanol–water partition coefficient (Wildman–Crippen LogP) is 2.24. The molecule has 0 unspecified atom stereocenters. The number of hydrogen-bond donors (Lipinski definition) is 2. The molecule has 4 rings (SSSR count). The summed E-state index contributed by atoms with van der Waals surface area (Å²) in [5.41, 5.74) is 6.52. The van der Waals surface area contributed by atoms with Crippen molar-refractivity contribution in [1.82, 2.24) is 19.2 Å². The number of methoxy groups -OCH3 is 1. The lowest BCUT2D eigenvalue weighted by Gasteiger charge is -2.33. The Labute approximate surface area is 214 Å². The highest BCUT2D eigenvalue weighted by atomic mass is 32.2. The van der Waals surface area contributed by atoms with Gasteiger partial charge in [0, 0.05) is 54.8 Å². The molecule has 0 atom stereocenters. The minimum Gasteiger partial charge on any atom is -0.493 e. The second kappa shape index (κ2) is 11.3. The Balaban J connectivity index is 1.45. The first-order valence-corrected chi connectivity index (χ1v) is 13.9. The van der Waals surface area contributed by atoms with E-state index in [1.165, 1.54) is 28.7 Å². The van der Waals surface area contributed by atoms with Crippen LogP contribution in [-0.4, -0.2) is 86.3 Å². The zero-order valence-corrected chi connectivity index (χ0v) is 21.6. The van der Waals surface area contributed by atoms with Crippen molar-refractivity contribution in [3.63, 3.8) is 0 Å². The van der Waals surface area contributed by atoms with Gasteiger partial charge in [-0.3, -0.25) is 4.90 Å². The number of ether oxygens (including phenoxy) is 2. The van der Waals surface area contributed by atoms with E-state index in [1.807, 2.05) is 30.3 Å². The number of amides is 2. The first-order chi connectivity index (χ1) is 17.2. The number of hydrogen-bond acceptors (Lipinski definition) is 9. The Morgan fingerprint density at radius 1 is 1.14 bits per heavy atom. The SMILES string of the molecule is COc1cc2c(Sc3cccc(NC(N)=O)c3)ncnc2cc1OCCN1CCN(S(C)(=O)=O)CC1. The molecule has 13 heteroatoms. The number of nitrogens with one attached hydrogen (secondary N) is 1. The molecule has 0 spiro atoms. The molecule has 192 valence electrons. The van der Waals surface area contributed by atoms with E-state index < -0.39 is 16.1 Å². The van der Waals surface area contributed by atoms with Crippen molar-refractivity contribution in [2.45, 2.75) is 9.92 Å². The molecule has 1 fully saturated rings. The third-order valence-corrected chi connectivity index (χ3v) is 7.98. The maximum Gasteiger partial charge on any atom is 0.316 e. The van der Waals surface area contributed by atoms with Crippen molar-refractivity contribution < 1.29 is 22.7 Å². The minimum atomic E-state index is -3.15. The number of aromatic nitrogens is 2. The van der Waals surface area contributed by atoms with Gasteiger partial charge in [-0.2, -0.15) is 4.31 Å². The number of benzene rings is 2. The van der Waals surface area contributed by atoms with Crippen LogP contribution in [0.25, 0.3) is 10.9 Å². The highest BCUT2D eigenvalue weighted by Gasteiger charge is 2.23. The quantitative estimate of drug-likeness (QED) is 0.397. The van der Waals surface area contributed by atoms with Crippen LogP contribution in [0.5, 0.6) is 11.5 Å². The molecular formula is C23H28N6O5S2. The van der Waals surface area contributed by atoms with Gasteiger partial charge in [-0.15, -0.1) is 0 Å². The summed E-state index contributed by atoms with van der Waals surface area (Å²) in [6.07, 6.45) is 2.73. The zero-order valence-electron chi connectivity index (χ0n) is 20.0. The second-order valence-electron chi connectivity index (χ2n) is 8.17. The number of anilines is 1. The minimum absolute atomic E-state index is 0.424. The summed E-state index contributed by atoms with van der Waals surface area (Å²) in [5.74, 6) is 1.13. The lowest BCUT2D eigenvalue weighted by molar-refractivity contribution is 0.157. The normalized spacial score (nSPS) is 15.1. The van der Waals surface area contributed by atoms with E-state index in [0.29, 0.717) is 62.0 Å². The number of carbonyl (C=O) groups excluding carboxylic acids is 1. The highest BCUT2D eigenvalue weighted by Crippen LogP contribution is 2.37. The van der Waals surface area contributed by atoms with Gasteiger partial charge in [0.1, 0.15) is 18.0 Å². The fourth-order valence-electron chi connectivity index (χ4n) is 3.85. The predicted molar refractivity (Wildman–Crippen MR) is 138 cm³/mol. The molecule has 1 aliphatic heterocycles. The number of carbonyl (C=O) groups is 1. The Morgan fingerprint density at radius 3 is 2.61 bits per heavy atom. The van der Waals surface area contributed by atoms with Crippen LogP contribution in [0.1, 0.15) is 0 Å². The first-order valence-electron chi connectivity index (χ1n) is 11.2. The number of primary amides is 1. The third kappa shape index (κ3) is 6.55. The van der Waals surface area contributed by atoms with Gasteiger partial charge >= 0.3 is 6.03 Å². The molecule has 1 saturated heterocycles. The molecular weight excluding hydrogens is 504 g/mol. The van der Waals surface area contributed by atoms with Crippen molar-refractivity contribution in [2.75, 3.05) is 58.0 Å². The molecule has 3 aromatic rings. The molecule has 11 nitrogen and oxygen atoms in total. The summed E-state index contributed by atoms with van der Waals surface area (Å²) in [5, 5.41) is 4.10. The number of sulfonamides is 1. The van der Waals surface area contributed by atoms with E-state index in [9.17, 15) is 13.2 Å². The van der Waals surface area contributed by atoms with E-state index in [4.69, 9.17) is 15.2 Å². The smallest absolute Gasteiger partial charge is 0.316 e. The standard InChI is InChI=1S/C23H28N6O5S2/c1-33-20-13-18-19(14-21(20)34-11-10-28-6-8-29(9-7-28)36(2,31)32)25-15-26-22(18)35-17-5-3-4-16(12-17)27-23(24)30/h3-5,12-15H,6-11H2,1-2H3,(H3,24,27,30). The fourth-order valence-corrected chi connectivity index (χ4v) is 5.61. The summed E-state index contributed by atoms with van der Waals surface area (Å²) < 4.78 is 36.5. The molecule has 2 aromatic carbocycles. The van der Waals surface area contributed by atoms with Crippen molar-refractivity contribution in [2.24, 2.45) is 5.73 Å². The molecule has 0 radical (unpaired) electrons. The summed E-state index contributed by atoms with van der Waals surface area (Å²) in [6.45, 7) is 3.38. The third-order valence-electron chi connectivity index (χ3n) is 5.67. The molecule has 2 heterocycles. The van der Waals surface area contributed by atoms with Crippen molar-refractivity contribution in [3.8, 4) is 11.5 Å². The molecule has 0 saturated carbocycles. The van der Waals surface area contributed by atoms with Crippen molar-refractivity contribution >= 4 is 44.4 Å². The van der Waals surface area contributed by atoms with Crippen LogP contribution in [0, 0.1) is 0 Å². The molecule has 0 aliphatic carbocycles. The fraction of sp³-hybridized carbons (Fsp3) is 0.348. The van der Waals surface area contributed by atoms with Gasteiger partial charge in [-0.05, 0) is 24.3 Å². The van der Waals surface area contributed by atoms with E-state index in [-0.39, 0.29) is 0 Å². The second-order valence-corrected chi connectivity index (χ2v) is 11.2. The highest BCUT2D eigenvalue weighted by molar-refractivity contribution is 7.99. The van der Waals surface area contributed by atoms with Gasteiger partial charge in [-0.25, -0.2) is 23.2 Å². The topological polar surface area (TPSA) is 140 Å². The molecule has 0 bridgehead atoms. The van der Waals surface area contributed by atoms with Gasteiger partial charge in [0.05, 0.1) is 18.9 Å². The molecule has 36 heavy (non-hydrogen) atoms. The molecule has 1 aromatic heterocycles. The van der Waals surface area contributed by atoms with Crippen LogP contribution in [-0.2, 0) is 10.0 Å². The number of nitrogens with zero attached hydrogens (tertiary/aromatic N) is 4. The average Bonchev–Trinajstić information content (AvgIpc) is 2.83. The Morgan fingerprint density at radius 2 is 1.92 bits per heavy atom. The van der Waals surface area contributed by atoms with Gasteiger partial charge in [0.2, 0.25) is 10.0 Å². The summed E-state index contributed by atoms with van der Waals surface area (Å²) in [6, 6.07) is 10.4. The Kier molecular flexibility index (Phi) is 8.14. The van der Waals surface area contributed by atoms with Crippen LogP contribution in [0.15, 0.2) is 52.6 Å². The van der Waals surface area contributed by atoms with Crippen LogP contribution in [0.4, 0.5) is 10.5 Å². The largest absolute Gasteiger partial charge is 0.493 e. The molecule has 2 amide bonds. The van der Waals surface area contributed by atoms with Gasteiger partial charge in [0.15, 0.2) is 11.5 Å². The number of fused-ring (bicyclic) bond motifs is 1. The van der Waals surface area contributed by atoms with Crippen molar-refractivity contribution in [3.05, 3.63) is 42.7 Å². The molecule has 1 aliphatic rings. The van der Waals surface area contributed by atoms with E-state index >= 15 is 0 Å². The van der Waals surface area contributed by atoms with Gasteiger partial charge in [-0.1, -0.05) is 17.8 Å². The zero-order chi connectivity index (χ0) is 25.7. The van der Waals surface area contributed by atoms with E-state index in [0.717, 1.165) is 15.3 Å². The molecule has 3 N–H and O–H groups in total. The maximum atomic E-state index is 11.7. The number of urea groups is 1. The van der Waals surface area contributed by atoms with Crippen LogP contribution < -0.4 is 20.5 Å². The van der Waals surface area contributed by atoms with Crippen LogP contribution in [0.3, 0.4) is 0 Å². The lowest BCUT2D eigenvalue weighted by Crippen LogP contribution is -2.49.